The number of carbonyl (C=O) groups is 2. The molecule has 0 radical (unpaired) electrons. The summed E-state index contributed by atoms with van der Waals surface area (Å²) >= 11 is 0. The molecule has 0 spiro atoms. The van der Waals surface area contributed by atoms with Crippen LogP contribution in [0, 0.1) is 5.92 Å². The number of phosphoric acid groups is 1. The van der Waals surface area contributed by atoms with E-state index in [0.29, 0.717) is 25.7 Å². The standard InChI is InChI=1S/C47H83O11P/c1-4-43(49)35-31-27-23-19-15-11-8-9-12-16-20-24-28-32-36-46(51)55-40-45(41-57-59(53,54)56-39-44(50)38-48)58-47(52)37-33-29-25-21-17-13-7-5-6-10-14-18-22-26-30-34-42(2)3/h9,11-12,15,20,23-24,27,31,35,42-45,48-50H,4-8,10,13-14,16-19,21-22,25-26,28-30,32-34,36-41H2,1-3H3,(H,53,54)/b12-9-,15-11-,24-20-,27-23-,35-31+/t43-,44-,45+/m0/s1. The lowest BCUT2D eigenvalue weighted by molar-refractivity contribution is -0.161. The van der Waals surface area contributed by atoms with E-state index in [-0.39, 0.29) is 25.6 Å². The SMILES string of the molecule is CC[C@H](O)/C=C/C=C\C/C=C\C/C=C\C/C=C\CCCC(=O)OC[C@H](COP(=O)(O)OC[C@@H](O)CO)OC(=O)CCCCCCCCCCCCCCCCCC(C)C. The smallest absolute Gasteiger partial charge is 0.462 e. The van der Waals surface area contributed by atoms with Gasteiger partial charge in [-0.05, 0) is 50.9 Å². The van der Waals surface area contributed by atoms with E-state index < -0.39 is 51.8 Å². The van der Waals surface area contributed by atoms with Crippen LogP contribution in [0.15, 0.2) is 60.8 Å². The lowest BCUT2D eigenvalue weighted by atomic mass is 10.0. The number of esters is 2. The third-order valence-corrected chi connectivity index (χ3v) is 10.5. The Labute approximate surface area is 358 Å². The summed E-state index contributed by atoms with van der Waals surface area (Å²) in [5, 5.41) is 27.8. The minimum Gasteiger partial charge on any atom is -0.462 e. The first kappa shape index (κ1) is 56.6. The Morgan fingerprint density at radius 1 is 0.610 bits per heavy atom. The second kappa shape index (κ2) is 41.0. The molecule has 0 aromatic heterocycles. The topological polar surface area (TPSA) is 169 Å². The molecule has 342 valence electrons. The molecule has 0 saturated carbocycles. The summed E-state index contributed by atoms with van der Waals surface area (Å²) in [4.78, 5) is 35.0. The summed E-state index contributed by atoms with van der Waals surface area (Å²) in [6, 6.07) is 0. The van der Waals surface area contributed by atoms with Gasteiger partial charge in [0.05, 0.1) is 25.9 Å². The van der Waals surface area contributed by atoms with Crippen LogP contribution in [0.25, 0.3) is 0 Å². The molecule has 1 unspecified atom stereocenters. The van der Waals surface area contributed by atoms with Gasteiger partial charge in [-0.15, -0.1) is 0 Å². The number of hydrogen-bond acceptors (Lipinski definition) is 10. The molecule has 11 nitrogen and oxygen atoms in total. The minimum absolute atomic E-state index is 0.148. The normalized spacial score (nSPS) is 15.0. The highest BCUT2D eigenvalue weighted by molar-refractivity contribution is 7.47. The predicted octanol–water partition coefficient (Wildman–Crippen LogP) is 11.1. The zero-order chi connectivity index (χ0) is 43.7. The fourth-order valence-electron chi connectivity index (χ4n) is 5.87. The number of aliphatic hydroxyl groups excluding tert-OH is 3. The van der Waals surface area contributed by atoms with Crippen molar-refractivity contribution in [2.75, 3.05) is 26.4 Å². The monoisotopic (exact) mass is 855 g/mol. The number of aliphatic hydroxyl groups is 3. The van der Waals surface area contributed by atoms with Gasteiger partial charge in [0.2, 0.25) is 0 Å². The Kier molecular flexibility index (Phi) is 39.4. The fraction of sp³-hybridized carbons (Fsp3) is 0.745. The molecule has 0 aromatic carbocycles. The lowest BCUT2D eigenvalue weighted by Gasteiger charge is -2.20. The summed E-state index contributed by atoms with van der Waals surface area (Å²) in [6.07, 6.45) is 41.5. The average Bonchev–Trinajstić information content (AvgIpc) is 3.21. The van der Waals surface area contributed by atoms with Crippen molar-refractivity contribution in [2.24, 2.45) is 5.92 Å². The van der Waals surface area contributed by atoms with Crippen LogP contribution in [0.1, 0.15) is 175 Å². The van der Waals surface area contributed by atoms with Gasteiger partial charge >= 0.3 is 19.8 Å². The van der Waals surface area contributed by atoms with Crippen molar-refractivity contribution in [1.82, 2.24) is 0 Å². The highest BCUT2D eigenvalue weighted by Crippen LogP contribution is 2.43. The van der Waals surface area contributed by atoms with E-state index in [1.165, 1.54) is 77.0 Å². The third-order valence-electron chi connectivity index (χ3n) is 9.52. The van der Waals surface area contributed by atoms with E-state index in [1.54, 1.807) is 6.08 Å². The van der Waals surface area contributed by atoms with Crippen LogP contribution >= 0.6 is 7.82 Å². The van der Waals surface area contributed by atoms with E-state index in [0.717, 1.165) is 44.4 Å². The molecule has 0 aliphatic heterocycles. The number of allylic oxidation sites excluding steroid dienone is 9. The summed E-state index contributed by atoms with van der Waals surface area (Å²) in [5.41, 5.74) is 0. The van der Waals surface area contributed by atoms with Crippen molar-refractivity contribution in [3.8, 4) is 0 Å². The second-order valence-corrected chi connectivity index (χ2v) is 17.2. The van der Waals surface area contributed by atoms with E-state index in [9.17, 15) is 29.3 Å². The first-order valence-corrected chi connectivity index (χ1v) is 24.2. The molecule has 12 heteroatoms. The summed E-state index contributed by atoms with van der Waals surface area (Å²) in [7, 11) is -4.64. The van der Waals surface area contributed by atoms with Crippen molar-refractivity contribution < 1.29 is 52.9 Å². The predicted molar refractivity (Wildman–Crippen MR) is 239 cm³/mol. The summed E-state index contributed by atoms with van der Waals surface area (Å²) < 4.78 is 32.7. The van der Waals surface area contributed by atoms with Crippen molar-refractivity contribution in [2.45, 2.75) is 193 Å². The molecule has 59 heavy (non-hydrogen) atoms. The van der Waals surface area contributed by atoms with Crippen molar-refractivity contribution in [3.63, 3.8) is 0 Å². The highest BCUT2D eigenvalue weighted by Gasteiger charge is 2.27. The molecular weight excluding hydrogens is 771 g/mol. The molecule has 0 bridgehead atoms. The molecule has 0 aliphatic rings. The van der Waals surface area contributed by atoms with Crippen molar-refractivity contribution in [1.29, 1.82) is 0 Å². The van der Waals surface area contributed by atoms with Crippen molar-refractivity contribution in [3.05, 3.63) is 60.8 Å². The van der Waals surface area contributed by atoms with E-state index >= 15 is 0 Å². The molecule has 0 saturated heterocycles. The highest BCUT2D eigenvalue weighted by atomic mass is 31.2. The molecule has 4 atom stereocenters. The largest absolute Gasteiger partial charge is 0.472 e. The number of carbonyl (C=O) groups excluding carboxylic acids is 2. The van der Waals surface area contributed by atoms with E-state index in [1.807, 2.05) is 37.3 Å². The molecule has 0 aliphatic carbocycles. The fourth-order valence-corrected chi connectivity index (χ4v) is 6.66. The molecule has 0 heterocycles. The number of ether oxygens (including phenoxy) is 2. The lowest BCUT2D eigenvalue weighted by Crippen LogP contribution is -2.29. The molecule has 4 N–H and O–H groups in total. The first-order chi connectivity index (χ1) is 28.5. The molecule has 0 fully saturated rings. The molecular formula is C47H83O11P. The van der Waals surface area contributed by atoms with Gasteiger partial charge in [0, 0.05) is 12.8 Å². The third kappa shape index (κ3) is 42.1. The van der Waals surface area contributed by atoms with Gasteiger partial charge in [-0.3, -0.25) is 18.6 Å². The number of rotatable bonds is 41. The maximum atomic E-state index is 12.6. The van der Waals surface area contributed by atoms with Crippen LogP contribution < -0.4 is 0 Å². The summed E-state index contributed by atoms with van der Waals surface area (Å²) in [6.45, 7) is 4.32. The summed E-state index contributed by atoms with van der Waals surface area (Å²) in [5.74, 6) is -0.190. The zero-order valence-electron chi connectivity index (χ0n) is 37.0. The molecule has 0 rings (SSSR count). The first-order valence-electron chi connectivity index (χ1n) is 22.7. The maximum absolute atomic E-state index is 12.6. The van der Waals surface area contributed by atoms with Crippen LogP contribution in [-0.2, 0) is 32.7 Å². The van der Waals surface area contributed by atoms with Crippen LogP contribution in [0.2, 0.25) is 0 Å². The Morgan fingerprint density at radius 2 is 1.10 bits per heavy atom. The Bertz CT molecular complexity index is 1200. The van der Waals surface area contributed by atoms with Gasteiger partial charge < -0.3 is 29.7 Å². The van der Waals surface area contributed by atoms with Crippen LogP contribution in [0.3, 0.4) is 0 Å². The van der Waals surface area contributed by atoms with Gasteiger partial charge in [0.15, 0.2) is 6.10 Å². The van der Waals surface area contributed by atoms with Gasteiger partial charge in [-0.1, -0.05) is 178 Å². The van der Waals surface area contributed by atoms with Gasteiger partial charge in [-0.2, -0.15) is 0 Å². The number of phosphoric ester groups is 1. The van der Waals surface area contributed by atoms with Gasteiger partial charge in [-0.25, -0.2) is 4.57 Å². The quantitative estimate of drug-likeness (QED) is 0.0152. The Hall–Kier alpha value is -2.37. The van der Waals surface area contributed by atoms with Crippen molar-refractivity contribution >= 4 is 19.8 Å². The molecule has 0 amide bonds. The molecule has 0 aromatic rings. The number of unbranched alkanes of at least 4 members (excludes halogenated alkanes) is 15. The van der Waals surface area contributed by atoms with Crippen LogP contribution in [0.4, 0.5) is 0 Å². The van der Waals surface area contributed by atoms with Gasteiger partial charge in [0.25, 0.3) is 0 Å². The zero-order valence-corrected chi connectivity index (χ0v) is 37.9. The Balaban J connectivity index is 4.36. The van der Waals surface area contributed by atoms with Gasteiger partial charge in [0.1, 0.15) is 12.7 Å². The van der Waals surface area contributed by atoms with E-state index in [2.05, 4.69) is 42.7 Å². The minimum atomic E-state index is -4.64. The van der Waals surface area contributed by atoms with Crippen LogP contribution in [-0.4, -0.2) is 76.9 Å². The van der Waals surface area contributed by atoms with E-state index in [4.69, 9.17) is 19.1 Å². The average molecular weight is 855 g/mol. The second-order valence-electron chi connectivity index (χ2n) is 15.7. The maximum Gasteiger partial charge on any atom is 0.472 e. The van der Waals surface area contributed by atoms with Crippen LogP contribution in [0.5, 0.6) is 0 Å². The number of hydrogen-bond donors (Lipinski definition) is 4. The Morgan fingerprint density at radius 3 is 1.64 bits per heavy atom.